The number of hydrogen-bond acceptors (Lipinski definition) is 6. The van der Waals surface area contributed by atoms with Gasteiger partial charge in [0.1, 0.15) is 11.8 Å². The maximum Gasteiger partial charge on any atom is 0.290 e. The van der Waals surface area contributed by atoms with E-state index in [2.05, 4.69) is 21.3 Å². The Morgan fingerprint density at radius 3 is 2.26 bits per heavy atom. The number of carbonyl (C=O) groups excluding carboxylic acids is 3. The Bertz CT molecular complexity index is 1240. The SMILES string of the molecule is CCn1nc(C(=O)NNC(=O)[C@H](NC(=O)COc2ccccc2)C(C)C)c2ccccc2c1=O. The lowest BCUT2D eigenvalue weighted by Gasteiger charge is -2.22. The Balaban J connectivity index is 1.66. The van der Waals surface area contributed by atoms with Gasteiger partial charge in [-0.15, -0.1) is 0 Å². The minimum absolute atomic E-state index is 0.00116. The van der Waals surface area contributed by atoms with Crippen molar-refractivity contribution in [3.8, 4) is 5.75 Å². The quantitative estimate of drug-likeness (QED) is 0.431. The van der Waals surface area contributed by atoms with E-state index in [1.165, 1.54) is 4.68 Å². The summed E-state index contributed by atoms with van der Waals surface area (Å²) >= 11 is 0. The summed E-state index contributed by atoms with van der Waals surface area (Å²) in [5, 5.41) is 7.47. The van der Waals surface area contributed by atoms with Crippen LogP contribution in [0.25, 0.3) is 10.8 Å². The fourth-order valence-corrected chi connectivity index (χ4v) is 3.29. The Morgan fingerprint density at radius 1 is 0.971 bits per heavy atom. The number of nitrogens with zero attached hydrogens (tertiary/aromatic N) is 2. The second-order valence-corrected chi connectivity index (χ2v) is 7.85. The average molecular weight is 466 g/mol. The van der Waals surface area contributed by atoms with Gasteiger partial charge in [-0.1, -0.05) is 50.2 Å². The van der Waals surface area contributed by atoms with Crippen LogP contribution >= 0.6 is 0 Å². The molecule has 178 valence electrons. The van der Waals surface area contributed by atoms with Gasteiger partial charge in [-0.2, -0.15) is 5.10 Å². The number of hydrogen-bond donors (Lipinski definition) is 3. The molecule has 10 heteroatoms. The van der Waals surface area contributed by atoms with E-state index >= 15 is 0 Å². The maximum atomic E-state index is 12.8. The van der Waals surface area contributed by atoms with Crippen molar-refractivity contribution in [3.05, 3.63) is 70.6 Å². The van der Waals surface area contributed by atoms with E-state index in [9.17, 15) is 19.2 Å². The van der Waals surface area contributed by atoms with Gasteiger partial charge in [0.15, 0.2) is 12.3 Å². The van der Waals surface area contributed by atoms with Crippen LogP contribution in [-0.4, -0.2) is 40.2 Å². The second kappa shape index (κ2) is 11.1. The molecular weight excluding hydrogens is 438 g/mol. The van der Waals surface area contributed by atoms with Crippen molar-refractivity contribution in [3.63, 3.8) is 0 Å². The number of fused-ring (bicyclic) bond motifs is 1. The van der Waals surface area contributed by atoms with Gasteiger partial charge in [0, 0.05) is 11.9 Å². The number of hydrazine groups is 1. The van der Waals surface area contributed by atoms with Crippen molar-refractivity contribution in [1.82, 2.24) is 25.9 Å². The lowest BCUT2D eigenvalue weighted by molar-refractivity contribution is -0.131. The predicted molar refractivity (Wildman–Crippen MR) is 126 cm³/mol. The molecule has 0 saturated heterocycles. The van der Waals surface area contributed by atoms with Gasteiger partial charge in [-0.3, -0.25) is 30.0 Å². The zero-order chi connectivity index (χ0) is 24.7. The fraction of sp³-hybridized carbons (Fsp3) is 0.292. The van der Waals surface area contributed by atoms with Crippen LogP contribution in [-0.2, 0) is 16.1 Å². The Morgan fingerprint density at radius 2 is 1.62 bits per heavy atom. The molecular formula is C24H27N5O5. The molecule has 3 N–H and O–H groups in total. The first kappa shape index (κ1) is 24.4. The summed E-state index contributed by atoms with van der Waals surface area (Å²) in [5.74, 6) is -1.51. The molecule has 0 aliphatic heterocycles. The molecule has 3 rings (SSSR count). The number of ether oxygens (including phenoxy) is 1. The number of aryl methyl sites for hydroxylation is 1. The largest absolute Gasteiger partial charge is 0.484 e. The zero-order valence-electron chi connectivity index (χ0n) is 19.2. The van der Waals surface area contributed by atoms with Crippen molar-refractivity contribution in [2.24, 2.45) is 5.92 Å². The molecule has 3 amide bonds. The summed E-state index contributed by atoms with van der Waals surface area (Å²) in [6, 6.07) is 14.5. The Kier molecular flexibility index (Phi) is 7.96. The summed E-state index contributed by atoms with van der Waals surface area (Å²) in [6.45, 7) is 5.28. The highest BCUT2D eigenvalue weighted by Crippen LogP contribution is 2.13. The second-order valence-electron chi connectivity index (χ2n) is 7.85. The highest BCUT2D eigenvalue weighted by atomic mass is 16.5. The minimum Gasteiger partial charge on any atom is -0.484 e. The van der Waals surface area contributed by atoms with E-state index in [-0.39, 0.29) is 30.3 Å². The van der Waals surface area contributed by atoms with Gasteiger partial charge in [-0.25, -0.2) is 4.68 Å². The van der Waals surface area contributed by atoms with Crippen LogP contribution in [0.3, 0.4) is 0 Å². The van der Waals surface area contributed by atoms with Crippen molar-refractivity contribution in [2.75, 3.05) is 6.61 Å². The molecule has 0 radical (unpaired) electrons. The number of aromatic nitrogens is 2. The number of amides is 3. The van der Waals surface area contributed by atoms with Crippen molar-refractivity contribution >= 4 is 28.5 Å². The van der Waals surface area contributed by atoms with Gasteiger partial charge in [-0.05, 0) is 31.0 Å². The van der Waals surface area contributed by atoms with Crippen LogP contribution in [0.4, 0.5) is 0 Å². The van der Waals surface area contributed by atoms with E-state index in [1.807, 2.05) is 6.07 Å². The molecule has 0 unspecified atom stereocenters. The van der Waals surface area contributed by atoms with E-state index in [1.54, 1.807) is 69.3 Å². The number of nitrogens with one attached hydrogen (secondary N) is 3. The molecule has 1 atom stereocenters. The summed E-state index contributed by atoms with van der Waals surface area (Å²) in [6.07, 6.45) is 0. The van der Waals surface area contributed by atoms with E-state index in [0.717, 1.165) is 0 Å². The molecule has 0 bridgehead atoms. The third-order valence-electron chi connectivity index (χ3n) is 5.06. The molecule has 1 heterocycles. The van der Waals surface area contributed by atoms with Crippen LogP contribution in [0.1, 0.15) is 31.3 Å². The first-order valence-electron chi connectivity index (χ1n) is 10.9. The Labute approximate surface area is 196 Å². The van der Waals surface area contributed by atoms with Crippen LogP contribution in [0, 0.1) is 5.92 Å². The predicted octanol–water partition coefficient (Wildman–Crippen LogP) is 1.40. The molecule has 0 aliphatic rings. The monoisotopic (exact) mass is 465 g/mol. The van der Waals surface area contributed by atoms with Crippen molar-refractivity contribution in [1.29, 1.82) is 0 Å². The zero-order valence-corrected chi connectivity index (χ0v) is 19.2. The molecule has 0 fully saturated rings. The topological polar surface area (TPSA) is 131 Å². The molecule has 34 heavy (non-hydrogen) atoms. The lowest BCUT2D eigenvalue weighted by atomic mass is 10.0. The normalized spacial score (nSPS) is 11.6. The molecule has 0 saturated carbocycles. The van der Waals surface area contributed by atoms with Gasteiger partial charge < -0.3 is 10.1 Å². The highest BCUT2D eigenvalue weighted by molar-refractivity contribution is 6.05. The van der Waals surface area contributed by atoms with Gasteiger partial charge >= 0.3 is 0 Å². The third kappa shape index (κ3) is 5.77. The first-order valence-corrected chi connectivity index (χ1v) is 10.9. The smallest absolute Gasteiger partial charge is 0.290 e. The minimum atomic E-state index is -0.915. The Hall–Kier alpha value is -4.21. The highest BCUT2D eigenvalue weighted by Gasteiger charge is 2.25. The fourth-order valence-electron chi connectivity index (χ4n) is 3.29. The van der Waals surface area contributed by atoms with Crippen LogP contribution in [0.2, 0.25) is 0 Å². The van der Waals surface area contributed by atoms with Gasteiger partial charge in [0.2, 0.25) is 0 Å². The van der Waals surface area contributed by atoms with Crippen molar-refractivity contribution in [2.45, 2.75) is 33.4 Å². The summed E-state index contributed by atoms with van der Waals surface area (Å²) in [7, 11) is 0. The third-order valence-corrected chi connectivity index (χ3v) is 5.06. The standard InChI is InChI=1S/C24H27N5O5/c1-4-29-24(33)18-13-9-8-12-17(18)21(28-29)23(32)27-26-22(31)20(15(2)3)25-19(30)14-34-16-10-6-5-7-11-16/h5-13,15,20H,4,14H2,1-3H3,(H,25,30)(H,26,31)(H,27,32)/t20-/m1/s1. The number of para-hydroxylation sites is 1. The summed E-state index contributed by atoms with van der Waals surface area (Å²) in [5.41, 5.74) is 4.36. The molecule has 1 aromatic heterocycles. The van der Waals surface area contributed by atoms with E-state index in [4.69, 9.17) is 4.74 Å². The molecule has 0 spiro atoms. The van der Waals surface area contributed by atoms with Crippen molar-refractivity contribution < 1.29 is 19.1 Å². The number of carbonyl (C=O) groups is 3. The number of rotatable bonds is 8. The molecule has 2 aromatic carbocycles. The van der Waals surface area contributed by atoms with E-state index in [0.29, 0.717) is 16.5 Å². The van der Waals surface area contributed by atoms with Gasteiger partial charge in [0.25, 0.3) is 23.3 Å². The molecule has 3 aromatic rings. The number of benzene rings is 2. The maximum absolute atomic E-state index is 12.8. The molecule has 0 aliphatic carbocycles. The average Bonchev–Trinajstić information content (AvgIpc) is 2.85. The lowest BCUT2D eigenvalue weighted by Crippen LogP contribution is -2.55. The molecule has 10 nitrogen and oxygen atoms in total. The van der Waals surface area contributed by atoms with E-state index < -0.39 is 23.8 Å². The first-order chi connectivity index (χ1) is 16.3. The van der Waals surface area contributed by atoms with Gasteiger partial charge in [0.05, 0.1) is 5.39 Å². The summed E-state index contributed by atoms with van der Waals surface area (Å²) < 4.78 is 6.59. The van der Waals surface area contributed by atoms with Crippen LogP contribution in [0.15, 0.2) is 59.4 Å². The van der Waals surface area contributed by atoms with Crippen LogP contribution in [0.5, 0.6) is 5.75 Å². The van der Waals surface area contributed by atoms with Crippen LogP contribution < -0.4 is 26.5 Å². The summed E-state index contributed by atoms with van der Waals surface area (Å²) in [4.78, 5) is 50.3.